The molecular formula is C35H50N2O4. The number of carbonyl (C=O) groups is 1. The summed E-state index contributed by atoms with van der Waals surface area (Å²) in [5.41, 5.74) is 3.06. The summed E-state index contributed by atoms with van der Waals surface area (Å²) < 4.78 is 17.6. The monoisotopic (exact) mass is 562 g/mol. The van der Waals surface area contributed by atoms with Crippen LogP contribution in [0.15, 0.2) is 48.5 Å². The largest absolute Gasteiger partial charge is 0.490 e. The predicted octanol–water partition coefficient (Wildman–Crippen LogP) is 7.46. The first-order valence-electron chi connectivity index (χ1n) is 15.7. The number of benzene rings is 2. The lowest BCUT2D eigenvalue weighted by molar-refractivity contribution is -0.0583. The summed E-state index contributed by atoms with van der Waals surface area (Å²) in [4.78, 5) is 14.0. The second kappa shape index (κ2) is 12.2. The summed E-state index contributed by atoms with van der Waals surface area (Å²) in [5.74, 6) is 2.01. The predicted molar refractivity (Wildman–Crippen MR) is 164 cm³/mol. The van der Waals surface area contributed by atoms with E-state index in [2.05, 4.69) is 55.6 Å². The Balaban J connectivity index is 0.000000174. The summed E-state index contributed by atoms with van der Waals surface area (Å²) in [6, 6.07) is 16.6. The Bertz CT molecular complexity index is 1160. The zero-order chi connectivity index (χ0) is 29.1. The lowest BCUT2D eigenvalue weighted by Gasteiger charge is -2.51. The van der Waals surface area contributed by atoms with Crippen LogP contribution in [-0.4, -0.2) is 55.0 Å². The number of hydrogen-bond acceptors (Lipinski definition) is 5. The maximum Gasteiger partial charge on any atom is 0.410 e. The van der Waals surface area contributed by atoms with Crippen molar-refractivity contribution in [3.63, 3.8) is 0 Å². The summed E-state index contributed by atoms with van der Waals surface area (Å²) in [5, 5.41) is 3.44. The van der Waals surface area contributed by atoms with Crippen LogP contribution in [0.3, 0.4) is 0 Å². The van der Waals surface area contributed by atoms with Gasteiger partial charge in [-0.2, -0.15) is 0 Å². The number of carbonyl (C=O) groups excluding carboxylic acids is 1. The lowest BCUT2D eigenvalue weighted by Crippen LogP contribution is -2.52. The molecule has 6 rings (SSSR count). The fourth-order valence-corrected chi connectivity index (χ4v) is 7.00. The Kier molecular flexibility index (Phi) is 8.89. The first-order valence-corrected chi connectivity index (χ1v) is 15.7. The Morgan fingerprint density at radius 3 is 1.68 bits per heavy atom. The molecular weight excluding hydrogens is 512 g/mol. The summed E-state index contributed by atoms with van der Waals surface area (Å²) in [7, 11) is 0. The maximum absolute atomic E-state index is 12.1. The van der Waals surface area contributed by atoms with E-state index in [1.165, 1.54) is 49.9 Å². The molecule has 0 aromatic heterocycles. The number of nitrogens with one attached hydrogen (secondary N) is 1. The molecule has 2 saturated carbocycles. The van der Waals surface area contributed by atoms with Crippen molar-refractivity contribution in [2.24, 2.45) is 10.8 Å². The molecule has 0 atom stereocenters. The number of piperidine rings is 2. The van der Waals surface area contributed by atoms with E-state index >= 15 is 0 Å². The molecule has 2 saturated heterocycles. The van der Waals surface area contributed by atoms with Gasteiger partial charge in [-0.3, -0.25) is 0 Å². The number of hydrogen-bond donors (Lipinski definition) is 1. The van der Waals surface area contributed by atoms with Crippen LogP contribution in [-0.2, 0) is 4.74 Å². The van der Waals surface area contributed by atoms with E-state index in [0.717, 1.165) is 50.3 Å². The van der Waals surface area contributed by atoms with Crippen molar-refractivity contribution >= 4 is 6.09 Å². The first-order chi connectivity index (χ1) is 19.5. The third-order valence-electron chi connectivity index (χ3n) is 9.37. The molecule has 224 valence electrons. The third kappa shape index (κ3) is 7.97. The molecule has 2 heterocycles. The standard InChI is InChI=1S/C20H29NO3.C15H21NO/c1-15-6-5-7-16(12-15)23-17-13-20(14-17)8-10-21(11-9-20)18(22)24-19(2,3)4;1-12-3-2-4-13(9-12)17-14-10-15(11-14)5-7-16-8-6-15/h5-7,12,17H,8-11,13-14H2,1-4H3;2-4,9,14,16H,5-8,10-11H2,1H3. The molecule has 0 radical (unpaired) electrons. The van der Waals surface area contributed by atoms with Crippen LogP contribution >= 0.6 is 0 Å². The van der Waals surface area contributed by atoms with Crippen molar-refractivity contribution in [1.29, 1.82) is 0 Å². The Labute approximate surface area is 247 Å². The highest BCUT2D eigenvalue weighted by atomic mass is 16.6. The fraction of sp³-hybridized carbons (Fsp3) is 0.629. The number of nitrogens with zero attached hydrogens (tertiary/aromatic N) is 1. The van der Waals surface area contributed by atoms with E-state index in [1.54, 1.807) is 0 Å². The molecule has 41 heavy (non-hydrogen) atoms. The van der Waals surface area contributed by atoms with Crippen molar-refractivity contribution in [3.05, 3.63) is 59.7 Å². The molecule has 0 unspecified atom stereocenters. The second-order valence-electron chi connectivity index (χ2n) is 14.1. The Morgan fingerprint density at radius 1 is 0.780 bits per heavy atom. The molecule has 0 bridgehead atoms. The molecule has 2 aromatic carbocycles. The molecule has 2 aromatic rings. The van der Waals surface area contributed by atoms with Gasteiger partial charge in [0.2, 0.25) is 0 Å². The van der Waals surface area contributed by atoms with Crippen molar-refractivity contribution < 1.29 is 19.0 Å². The molecule has 2 aliphatic carbocycles. The van der Waals surface area contributed by atoms with Gasteiger partial charge < -0.3 is 24.4 Å². The minimum Gasteiger partial charge on any atom is -0.490 e. The van der Waals surface area contributed by atoms with E-state index in [1.807, 2.05) is 37.8 Å². The summed E-state index contributed by atoms with van der Waals surface area (Å²) >= 11 is 0. The molecule has 1 N–H and O–H groups in total. The van der Waals surface area contributed by atoms with E-state index in [4.69, 9.17) is 14.2 Å². The highest BCUT2D eigenvalue weighted by Gasteiger charge is 2.48. The molecule has 6 heteroatoms. The zero-order valence-electron chi connectivity index (χ0n) is 25.8. The van der Waals surface area contributed by atoms with Crippen LogP contribution in [0.4, 0.5) is 4.79 Å². The van der Waals surface area contributed by atoms with Crippen LogP contribution in [0.5, 0.6) is 11.5 Å². The van der Waals surface area contributed by atoms with Gasteiger partial charge in [0.25, 0.3) is 0 Å². The number of amides is 1. The SMILES string of the molecule is Cc1cccc(OC2CC3(CCN(C(=O)OC(C)(C)C)CC3)C2)c1.Cc1cccc(OC2CC3(CCNCC3)C2)c1. The van der Waals surface area contributed by atoms with Crippen LogP contribution in [0.2, 0.25) is 0 Å². The molecule has 2 spiro atoms. The van der Waals surface area contributed by atoms with E-state index in [9.17, 15) is 4.79 Å². The minimum absolute atomic E-state index is 0.177. The fourth-order valence-electron chi connectivity index (χ4n) is 7.00. The molecule has 6 nitrogen and oxygen atoms in total. The second-order valence-corrected chi connectivity index (χ2v) is 14.1. The van der Waals surface area contributed by atoms with Gasteiger partial charge in [-0.05, 0) is 145 Å². The Morgan fingerprint density at radius 2 is 1.24 bits per heavy atom. The average molecular weight is 563 g/mol. The highest BCUT2D eigenvalue weighted by molar-refractivity contribution is 5.68. The van der Waals surface area contributed by atoms with Gasteiger partial charge in [-0.15, -0.1) is 0 Å². The smallest absolute Gasteiger partial charge is 0.410 e. The quantitative estimate of drug-likeness (QED) is 0.419. The van der Waals surface area contributed by atoms with E-state index in [0.29, 0.717) is 23.0 Å². The van der Waals surface area contributed by atoms with Crippen molar-refractivity contribution in [2.45, 2.75) is 104 Å². The van der Waals surface area contributed by atoms with Gasteiger partial charge >= 0.3 is 6.09 Å². The van der Waals surface area contributed by atoms with Crippen molar-refractivity contribution in [1.82, 2.24) is 10.2 Å². The highest BCUT2D eigenvalue weighted by Crippen LogP contribution is 2.51. The number of rotatable bonds is 4. The summed E-state index contributed by atoms with van der Waals surface area (Å²) in [6.07, 6.45) is 10.1. The Hall–Kier alpha value is -2.73. The van der Waals surface area contributed by atoms with E-state index in [-0.39, 0.29) is 6.09 Å². The van der Waals surface area contributed by atoms with Crippen LogP contribution in [0.25, 0.3) is 0 Å². The lowest BCUT2D eigenvalue weighted by atomic mass is 9.61. The van der Waals surface area contributed by atoms with Gasteiger partial charge in [0.15, 0.2) is 0 Å². The van der Waals surface area contributed by atoms with Crippen molar-refractivity contribution in [3.8, 4) is 11.5 Å². The number of ether oxygens (including phenoxy) is 3. The van der Waals surface area contributed by atoms with Crippen LogP contribution in [0.1, 0.15) is 83.3 Å². The summed E-state index contributed by atoms with van der Waals surface area (Å²) in [6.45, 7) is 13.9. The van der Waals surface area contributed by atoms with Gasteiger partial charge in [0.05, 0.1) is 12.2 Å². The number of likely N-dealkylation sites (tertiary alicyclic amines) is 1. The molecule has 1 amide bonds. The van der Waals surface area contributed by atoms with Crippen LogP contribution < -0.4 is 14.8 Å². The molecule has 4 aliphatic rings. The van der Waals surface area contributed by atoms with Gasteiger partial charge in [-0.1, -0.05) is 24.3 Å². The van der Waals surface area contributed by atoms with Crippen molar-refractivity contribution in [2.75, 3.05) is 26.2 Å². The third-order valence-corrected chi connectivity index (χ3v) is 9.37. The maximum atomic E-state index is 12.1. The molecule has 4 fully saturated rings. The van der Waals surface area contributed by atoms with Gasteiger partial charge in [-0.25, -0.2) is 4.79 Å². The minimum atomic E-state index is -0.421. The first kappa shape index (κ1) is 29.8. The normalized spacial score (nSPS) is 23.0. The van der Waals surface area contributed by atoms with Gasteiger partial charge in [0.1, 0.15) is 17.1 Å². The average Bonchev–Trinajstić information content (AvgIpc) is 2.87. The zero-order valence-corrected chi connectivity index (χ0v) is 25.8. The topological polar surface area (TPSA) is 60.0 Å². The van der Waals surface area contributed by atoms with Gasteiger partial charge in [0, 0.05) is 13.1 Å². The van der Waals surface area contributed by atoms with E-state index < -0.39 is 5.60 Å². The van der Waals surface area contributed by atoms with Crippen LogP contribution in [0, 0.1) is 24.7 Å². The number of aryl methyl sites for hydroxylation is 2. The molecule has 2 aliphatic heterocycles.